The molecule has 0 aromatic heterocycles. The number of hydrogen-bond donors (Lipinski definition) is 1. The normalized spacial score (nSPS) is 11.9. The minimum atomic E-state index is -0.446. The van der Waals surface area contributed by atoms with Gasteiger partial charge in [0.2, 0.25) is 0 Å². The number of ether oxygens (including phenoxy) is 1. The van der Waals surface area contributed by atoms with Crippen LogP contribution in [0.3, 0.4) is 0 Å². The quantitative estimate of drug-likeness (QED) is 0.819. The molecule has 0 amide bonds. The molecule has 3 heteroatoms. The van der Waals surface area contributed by atoms with Gasteiger partial charge in [-0.15, -0.1) is 0 Å². The summed E-state index contributed by atoms with van der Waals surface area (Å²) in [7, 11) is 0. The summed E-state index contributed by atoms with van der Waals surface area (Å²) < 4.78 is 5.47. The Morgan fingerprint density at radius 1 is 1.53 bits per heavy atom. The van der Waals surface area contributed by atoms with Gasteiger partial charge in [-0.3, -0.25) is 0 Å². The second-order valence-corrected chi connectivity index (χ2v) is 3.41. The van der Waals surface area contributed by atoms with Gasteiger partial charge >= 0.3 is 0 Å². The molecule has 0 aliphatic rings. The van der Waals surface area contributed by atoms with Crippen molar-refractivity contribution in [3.8, 4) is 11.8 Å². The van der Waals surface area contributed by atoms with Gasteiger partial charge in [-0.25, -0.2) is 0 Å². The summed E-state index contributed by atoms with van der Waals surface area (Å²) in [5, 5.41) is 17.9. The van der Waals surface area contributed by atoms with Gasteiger partial charge in [0.25, 0.3) is 0 Å². The molecule has 0 spiro atoms. The molecule has 1 unspecified atom stereocenters. The van der Waals surface area contributed by atoms with Crippen LogP contribution in [-0.2, 0) is 6.61 Å². The highest BCUT2D eigenvalue weighted by Gasteiger charge is 2.09. The summed E-state index contributed by atoms with van der Waals surface area (Å²) in [5.74, 6) is 0.594. The van der Waals surface area contributed by atoms with Crippen LogP contribution in [0.15, 0.2) is 18.2 Å². The zero-order valence-electron chi connectivity index (χ0n) is 9.03. The predicted molar refractivity (Wildman–Crippen MR) is 57.4 cm³/mol. The van der Waals surface area contributed by atoms with E-state index in [1.807, 2.05) is 26.0 Å². The molecule has 0 bridgehead atoms. The van der Waals surface area contributed by atoms with Crippen molar-refractivity contribution in [2.24, 2.45) is 0 Å². The number of nitriles is 1. The van der Waals surface area contributed by atoms with E-state index in [0.29, 0.717) is 12.2 Å². The molecule has 0 saturated carbocycles. The first-order valence-corrected chi connectivity index (χ1v) is 4.98. The van der Waals surface area contributed by atoms with Crippen LogP contribution in [0, 0.1) is 18.3 Å². The van der Waals surface area contributed by atoms with Crippen LogP contribution < -0.4 is 4.74 Å². The van der Waals surface area contributed by atoms with Crippen LogP contribution in [0.4, 0.5) is 0 Å². The van der Waals surface area contributed by atoms with Gasteiger partial charge in [0.05, 0.1) is 6.61 Å². The van der Waals surface area contributed by atoms with Gasteiger partial charge in [0, 0.05) is 5.56 Å². The summed E-state index contributed by atoms with van der Waals surface area (Å²) in [6.07, 6.45) is 0.188. The number of benzene rings is 1. The number of rotatable bonds is 4. The molecule has 1 aromatic carbocycles. The van der Waals surface area contributed by atoms with Crippen molar-refractivity contribution in [3.63, 3.8) is 0 Å². The maximum atomic E-state index is 9.14. The van der Waals surface area contributed by atoms with Crippen LogP contribution in [0.2, 0.25) is 0 Å². The lowest BCUT2D eigenvalue weighted by molar-refractivity contribution is 0.232. The van der Waals surface area contributed by atoms with E-state index in [1.165, 1.54) is 0 Å². The first kappa shape index (κ1) is 11.5. The van der Waals surface area contributed by atoms with E-state index in [0.717, 1.165) is 11.1 Å². The van der Waals surface area contributed by atoms with E-state index in [9.17, 15) is 0 Å². The fourth-order valence-corrected chi connectivity index (χ4v) is 1.30. The fourth-order valence-electron chi connectivity index (χ4n) is 1.30. The summed E-state index contributed by atoms with van der Waals surface area (Å²) >= 11 is 0. The highest BCUT2D eigenvalue weighted by atomic mass is 16.5. The topological polar surface area (TPSA) is 53.2 Å². The monoisotopic (exact) mass is 205 g/mol. The van der Waals surface area contributed by atoms with Gasteiger partial charge in [0.15, 0.2) is 6.10 Å². The Hall–Kier alpha value is -1.53. The van der Waals surface area contributed by atoms with Crippen LogP contribution in [-0.4, -0.2) is 11.2 Å². The number of hydrogen-bond acceptors (Lipinski definition) is 3. The van der Waals surface area contributed by atoms with Gasteiger partial charge in [0.1, 0.15) is 11.8 Å². The molecule has 0 aliphatic heterocycles. The van der Waals surface area contributed by atoms with Crippen LogP contribution >= 0.6 is 0 Å². The van der Waals surface area contributed by atoms with Crippen LogP contribution in [0.25, 0.3) is 0 Å². The third kappa shape index (κ3) is 2.97. The van der Waals surface area contributed by atoms with Crippen LogP contribution in [0.5, 0.6) is 5.75 Å². The standard InChI is InChI=1S/C12H15NO2/c1-3-11(7-13)15-12-5-4-9(2)6-10(12)8-14/h4-6,11,14H,3,8H2,1-2H3. The maximum Gasteiger partial charge on any atom is 0.184 e. The third-order valence-corrected chi connectivity index (χ3v) is 2.17. The number of aliphatic hydroxyl groups is 1. The van der Waals surface area contributed by atoms with E-state index in [-0.39, 0.29) is 6.61 Å². The van der Waals surface area contributed by atoms with Crippen molar-refractivity contribution in [3.05, 3.63) is 29.3 Å². The molecular formula is C12H15NO2. The third-order valence-electron chi connectivity index (χ3n) is 2.17. The highest BCUT2D eigenvalue weighted by molar-refractivity contribution is 5.36. The molecule has 0 heterocycles. The Morgan fingerprint density at radius 3 is 2.80 bits per heavy atom. The van der Waals surface area contributed by atoms with Gasteiger partial charge in [-0.05, 0) is 19.4 Å². The van der Waals surface area contributed by atoms with E-state index in [4.69, 9.17) is 15.1 Å². The first-order chi connectivity index (χ1) is 7.21. The minimum absolute atomic E-state index is 0.0706. The zero-order chi connectivity index (χ0) is 11.3. The van der Waals surface area contributed by atoms with Crippen molar-refractivity contribution >= 4 is 0 Å². The molecule has 1 N–H and O–H groups in total. The molecule has 0 saturated heterocycles. The second-order valence-electron chi connectivity index (χ2n) is 3.41. The smallest absolute Gasteiger partial charge is 0.184 e. The summed E-state index contributed by atoms with van der Waals surface area (Å²) in [6.45, 7) is 3.77. The molecule has 0 aliphatic carbocycles. The van der Waals surface area contributed by atoms with E-state index in [2.05, 4.69) is 6.07 Å². The fraction of sp³-hybridized carbons (Fsp3) is 0.417. The predicted octanol–water partition coefficient (Wildman–Crippen LogP) is 2.17. The average molecular weight is 205 g/mol. The lowest BCUT2D eigenvalue weighted by Crippen LogP contribution is -2.13. The summed E-state index contributed by atoms with van der Waals surface area (Å²) in [4.78, 5) is 0. The largest absolute Gasteiger partial charge is 0.475 e. The van der Waals surface area contributed by atoms with Gasteiger partial charge in [-0.2, -0.15) is 5.26 Å². The second kappa shape index (κ2) is 5.38. The molecule has 0 radical (unpaired) electrons. The zero-order valence-corrected chi connectivity index (χ0v) is 9.03. The molecule has 0 fully saturated rings. The highest BCUT2D eigenvalue weighted by Crippen LogP contribution is 2.21. The van der Waals surface area contributed by atoms with Crippen molar-refractivity contribution in [1.82, 2.24) is 0 Å². The number of aryl methyl sites for hydroxylation is 1. The van der Waals surface area contributed by atoms with E-state index >= 15 is 0 Å². The molecule has 15 heavy (non-hydrogen) atoms. The number of nitrogens with zero attached hydrogens (tertiary/aromatic N) is 1. The Kier molecular flexibility index (Phi) is 4.14. The molecule has 1 atom stereocenters. The van der Waals surface area contributed by atoms with E-state index < -0.39 is 6.10 Å². The molecule has 3 nitrogen and oxygen atoms in total. The van der Waals surface area contributed by atoms with Crippen molar-refractivity contribution in [2.45, 2.75) is 33.0 Å². The Labute approximate surface area is 89.9 Å². The van der Waals surface area contributed by atoms with Crippen molar-refractivity contribution < 1.29 is 9.84 Å². The van der Waals surface area contributed by atoms with Crippen molar-refractivity contribution in [2.75, 3.05) is 0 Å². The molecule has 1 aromatic rings. The average Bonchev–Trinajstić information content (AvgIpc) is 2.27. The SMILES string of the molecule is CCC(C#N)Oc1ccc(C)cc1CO. The summed E-state index contributed by atoms with van der Waals surface area (Å²) in [5.41, 5.74) is 1.79. The maximum absolute atomic E-state index is 9.14. The van der Waals surface area contributed by atoms with Crippen LogP contribution in [0.1, 0.15) is 24.5 Å². The van der Waals surface area contributed by atoms with Gasteiger partial charge < -0.3 is 9.84 Å². The lowest BCUT2D eigenvalue weighted by Gasteiger charge is -2.13. The Balaban J connectivity index is 2.89. The minimum Gasteiger partial charge on any atom is -0.475 e. The summed E-state index contributed by atoms with van der Waals surface area (Å²) in [6, 6.07) is 7.62. The molecular weight excluding hydrogens is 190 g/mol. The molecule has 1 rings (SSSR count). The first-order valence-electron chi connectivity index (χ1n) is 4.98. The van der Waals surface area contributed by atoms with Crippen molar-refractivity contribution in [1.29, 1.82) is 5.26 Å². The Bertz CT molecular complexity index is 368. The Morgan fingerprint density at radius 2 is 2.27 bits per heavy atom. The lowest BCUT2D eigenvalue weighted by atomic mass is 10.1. The van der Waals surface area contributed by atoms with Gasteiger partial charge in [-0.1, -0.05) is 24.6 Å². The number of aliphatic hydroxyl groups excluding tert-OH is 1. The molecule has 80 valence electrons. The van der Waals surface area contributed by atoms with E-state index in [1.54, 1.807) is 6.07 Å².